The van der Waals surface area contributed by atoms with Crippen molar-refractivity contribution in [3.8, 4) is 0 Å². The first-order valence-electron chi connectivity index (χ1n) is 9.94. The number of carboxylic acid groups (broad SMARTS) is 1. The highest BCUT2D eigenvalue weighted by Crippen LogP contribution is 2.28. The highest BCUT2D eigenvalue weighted by atomic mass is 35.5. The SMILES string of the molecule is O=C(O)c1c(CNC2CCCCC2)c2ccccc2n1Cc1ccc(Cl)cc1. The van der Waals surface area contributed by atoms with Gasteiger partial charge in [-0.15, -0.1) is 0 Å². The molecule has 0 saturated heterocycles. The lowest BCUT2D eigenvalue weighted by atomic mass is 9.95. The van der Waals surface area contributed by atoms with Crippen LogP contribution < -0.4 is 5.32 Å². The molecule has 5 heteroatoms. The summed E-state index contributed by atoms with van der Waals surface area (Å²) in [5, 5.41) is 15.3. The Morgan fingerprint density at radius 3 is 2.50 bits per heavy atom. The van der Waals surface area contributed by atoms with E-state index in [-0.39, 0.29) is 0 Å². The zero-order valence-corrected chi connectivity index (χ0v) is 16.6. The Kier molecular flexibility index (Phi) is 5.69. The van der Waals surface area contributed by atoms with E-state index in [0.29, 0.717) is 29.8 Å². The number of para-hydroxylation sites is 1. The zero-order valence-electron chi connectivity index (χ0n) is 15.8. The van der Waals surface area contributed by atoms with Gasteiger partial charge in [-0.25, -0.2) is 4.79 Å². The molecule has 0 amide bonds. The summed E-state index contributed by atoms with van der Waals surface area (Å²) in [7, 11) is 0. The van der Waals surface area contributed by atoms with Gasteiger partial charge in [0.15, 0.2) is 0 Å². The number of nitrogens with zero attached hydrogens (tertiary/aromatic N) is 1. The van der Waals surface area contributed by atoms with Gasteiger partial charge in [-0.1, -0.05) is 61.2 Å². The van der Waals surface area contributed by atoms with E-state index in [1.165, 1.54) is 32.1 Å². The number of nitrogens with one attached hydrogen (secondary N) is 1. The van der Waals surface area contributed by atoms with E-state index >= 15 is 0 Å². The molecule has 1 saturated carbocycles. The van der Waals surface area contributed by atoms with Crippen molar-refractivity contribution in [3.63, 3.8) is 0 Å². The van der Waals surface area contributed by atoms with Crippen LogP contribution in [0.1, 0.15) is 53.7 Å². The van der Waals surface area contributed by atoms with Crippen LogP contribution in [0.15, 0.2) is 48.5 Å². The van der Waals surface area contributed by atoms with Gasteiger partial charge in [-0.2, -0.15) is 0 Å². The van der Waals surface area contributed by atoms with Crippen LogP contribution in [0.2, 0.25) is 5.02 Å². The minimum atomic E-state index is -0.884. The molecule has 1 aliphatic rings. The number of halogens is 1. The van der Waals surface area contributed by atoms with Gasteiger partial charge >= 0.3 is 5.97 Å². The van der Waals surface area contributed by atoms with Crippen LogP contribution in [0.4, 0.5) is 0 Å². The Morgan fingerprint density at radius 1 is 1.07 bits per heavy atom. The van der Waals surface area contributed by atoms with E-state index in [9.17, 15) is 9.90 Å². The first-order chi connectivity index (χ1) is 13.6. The number of rotatable bonds is 6. The van der Waals surface area contributed by atoms with Crippen molar-refractivity contribution in [2.45, 2.75) is 51.2 Å². The van der Waals surface area contributed by atoms with Gasteiger partial charge in [0.1, 0.15) is 5.69 Å². The molecular formula is C23H25ClN2O2. The molecule has 1 heterocycles. The average molecular weight is 397 g/mol. The van der Waals surface area contributed by atoms with Crippen LogP contribution in [-0.2, 0) is 13.1 Å². The van der Waals surface area contributed by atoms with Gasteiger partial charge < -0.3 is 15.0 Å². The molecule has 1 fully saturated rings. The maximum atomic E-state index is 12.2. The molecule has 0 unspecified atom stereocenters. The minimum Gasteiger partial charge on any atom is -0.477 e. The number of hydrogen-bond acceptors (Lipinski definition) is 2. The van der Waals surface area contributed by atoms with E-state index in [1.807, 2.05) is 53.1 Å². The second-order valence-electron chi connectivity index (χ2n) is 7.58. The quantitative estimate of drug-likeness (QED) is 0.581. The van der Waals surface area contributed by atoms with Crippen LogP contribution in [0.3, 0.4) is 0 Å². The van der Waals surface area contributed by atoms with Crippen molar-refractivity contribution in [1.82, 2.24) is 9.88 Å². The topological polar surface area (TPSA) is 54.3 Å². The van der Waals surface area contributed by atoms with Crippen LogP contribution >= 0.6 is 11.6 Å². The van der Waals surface area contributed by atoms with Crippen molar-refractivity contribution < 1.29 is 9.90 Å². The Balaban J connectivity index is 1.72. The lowest BCUT2D eigenvalue weighted by Crippen LogP contribution is -2.31. The summed E-state index contributed by atoms with van der Waals surface area (Å²) in [6.07, 6.45) is 6.15. The summed E-state index contributed by atoms with van der Waals surface area (Å²) in [5.41, 5.74) is 3.23. The minimum absolute atomic E-state index is 0.374. The third kappa shape index (κ3) is 3.94. The molecule has 4 rings (SSSR count). The summed E-state index contributed by atoms with van der Waals surface area (Å²) in [5.74, 6) is -0.884. The molecule has 2 N–H and O–H groups in total. The van der Waals surface area contributed by atoms with Crippen molar-refractivity contribution in [3.05, 3.63) is 70.4 Å². The monoisotopic (exact) mass is 396 g/mol. The van der Waals surface area contributed by atoms with Crippen LogP contribution in [0.5, 0.6) is 0 Å². The predicted molar refractivity (Wildman–Crippen MR) is 113 cm³/mol. The lowest BCUT2D eigenvalue weighted by molar-refractivity contribution is 0.0684. The Labute approximate surface area is 170 Å². The molecule has 2 aromatic carbocycles. The highest BCUT2D eigenvalue weighted by molar-refractivity contribution is 6.30. The van der Waals surface area contributed by atoms with E-state index in [2.05, 4.69) is 5.32 Å². The van der Waals surface area contributed by atoms with Gasteiger partial charge in [0, 0.05) is 40.6 Å². The average Bonchev–Trinajstić information content (AvgIpc) is 3.03. The molecule has 3 aromatic rings. The number of aromatic carboxylic acids is 1. The van der Waals surface area contributed by atoms with Crippen molar-refractivity contribution in [2.75, 3.05) is 0 Å². The summed E-state index contributed by atoms with van der Waals surface area (Å²) in [6, 6.07) is 16.0. The lowest BCUT2D eigenvalue weighted by Gasteiger charge is -2.23. The molecular weight excluding hydrogens is 372 g/mol. The number of aromatic nitrogens is 1. The molecule has 146 valence electrons. The standard InChI is InChI=1S/C23H25ClN2O2/c24-17-12-10-16(11-13-17)15-26-21-9-5-4-8-19(21)20(22(26)23(27)28)14-25-18-6-2-1-3-7-18/h4-5,8-13,18,25H,1-3,6-7,14-15H2,(H,27,28). The Bertz CT molecular complexity index is 972. The number of fused-ring (bicyclic) bond motifs is 1. The second kappa shape index (κ2) is 8.38. The van der Waals surface area contributed by atoms with Gasteiger partial charge in [0.05, 0.1) is 0 Å². The summed E-state index contributed by atoms with van der Waals surface area (Å²) >= 11 is 6.00. The number of carboxylic acids is 1. The Morgan fingerprint density at radius 2 is 1.79 bits per heavy atom. The van der Waals surface area contributed by atoms with E-state index in [0.717, 1.165) is 22.0 Å². The van der Waals surface area contributed by atoms with Crippen LogP contribution in [-0.4, -0.2) is 21.7 Å². The van der Waals surface area contributed by atoms with E-state index in [1.54, 1.807) is 0 Å². The molecule has 28 heavy (non-hydrogen) atoms. The molecule has 0 bridgehead atoms. The fourth-order valence-electron chi connectivity index (χ4n) is 4.29. The first-order valence-corrected chi connectivity index (χ1v) is 10.3. The van der Waals surface area contributed by atoms with Gasteiger partial charge in [0.2, 0.25) is 0 Å². The fraction of sp³-hybridized carbons (Fsp3) is 0.348. The normalized spacial score (nSPS) is 15.2. The van der Waals surface area contributed by atoms with Gasteiger partial charge in [0.25, 0.3) is 0 Å². The molecule has 4 nitrogen and oxygen atoms in total. The second-order valence-corrected chi connectivity index (χ2v) is 8.01. The fourth-order valence-corrected chi connectivity index (χ4v) is 4.41. The molecule has 1 aromatic heterocycles. The zero-order chi connectivity index (χ0) is 19.5. The Hall–Kier alpha value is -2.30. The van der Waals surface area contributed by atoms with Crippen molar-refractivity contribution in [2.24, 2.45) is 0 Å². The van der Waals surface area contributed by atoms with E-state index in [4.69, 9.17) is 11.6 Å². The first kappa shape index (κ1) is 19.0. The smallest absolute Gasteiger partial charge is 0.352 e. The largest absolute Gasteiger partial charge is 0.477 e. The van der Waals surface area contributed by atoms with Crippen LogP contribution in [0.25, 0.3) is 10.9 Å². The summed E-state index contributed by atoms with van der Waals surface area (Å²) < 4.78 is 1.92. The number of hydrogen-bond donors (Lipinski definition) is 2. The van der Waals surface area contributed by atoms with Gasteiger partial charge in [-0.3, -0.25) is 0 Å². The van der Waals surface area contributed by atoms with Crippen molar-refractivity contribution in [1.29, 1.82) is 0 Å². The molecule has 0 radical (unpaired) electrons. The molecule has 0 atom stereocenters. The highest BCUT2D eigenvalue weighted by Gasteiger charge is 2.23. The maximum absolute atomic E-state index is 12.2. The van der Waals surface area contributed by atoms with Crippen molar-refractivity contribution >= 4 is 28.5 Å². The maximum Gasteiger partial charge on any atom is 0.352 e. The third-order valence-corrected chi connectivity index (χ3v) is 5.96. The van der Waals surface area contributed by atoms with Crippen LogP contribution in [0, 0.1) is 0 Å². The van der Waals surface area contributed by atoms with E-state index < -0.39 is 5.97 Å². The summed E-state index contributed by atoms with van der Waals surface area (Å²) in [4.78, 5) is 12.2. The van der Waals surface area contributed by atoms with Gasteiger partial charge in [-0.05, 0) is 36.6 Å². The third-order valence-electron chi connectivity index (χ3n) is 5.70. The number of benzene rings is 2. The predicted octanol–water partition coefficient (Wildman–Crippen LogP) is 5.46. The number of carbonyl (C=O) groups is 1. The summed E-state index contributed by atoms with van der Waals surface area (Å²) in [6.45, 7) is 1.09. The molecule has 1 aliphatic carbocycles. The molecule has 0 spiro atoms. The molecule has 0 aliphatic heterocycles.